The zero-order chi connectivity index (χ0) is 13.8. The van der Waals surface area contributed by atoms with Gasteiger partial charge in [0, 0.05) is 12.2 Å². The van der Waals surface area contributed by atoms with Crippen LogP contribution in [0, 0.1) is 12.8 Å². The fraction of sp³-hybridized carbons (Fsp3) is 0.562. The highest BCUT2D eigenvalue weighted by Crippen LogP contribution is 2.23. The van der Waals surface area contributed by atoms with Gasteiger partial charge in [0.05, 0.1) is 5.92 Å². The molecule has 1 saturated heterocycles. The first-order valence-electron chi connectivity index (χ1n) is 7.19. The summed E-state index contributed by atoms with van der Waals surface area (Å²) < 4.78 is 0. The molecule has 0 spiro atoms. The number of anilines is 1. The Labute approximate surface area is 116 Å². The van der Waals surface area contributed by atoms with Gasteiger partial charge in [0.2, 0.25) is 5.91 Å². The van der Waals surface area contributed by atoms with E-state index >= 15 is 0 Å². The second kappa shape index (κ2) is 6.20. The number of piperidine rings is 1. The minimum Gasteiger partial charge on any atom is -0.325 e. The Morgan fingerprint density at radius 1 is 1.47 bits per heavy atom. The standard InChI is InChI=1S/C16H24N2O/c1-4-13-8-5-7-12(2)15(13)17-16(19)14-9-6-10-18(3)11-14/h5,7-8,14H,4,6,9-11H2,1-3H3,(H,17,19). The molecule has 1 aliphatic rings. The number of rotatable bonds is 3. The minimum absolute atomic E-state index is 0.128. The van der Waals surface area contributed by atoms with Crippen LogP contribution in [0.4, 0.5) is 5.69 Å². The first-order chi connectivity index (χ1) is 9.11. The van der Waals surface area contributed by atoms with Gasteiger partial charge < -0.3 is 10.2 Å². The molecular formula is C16H24N2O. The van der Waals surface area contributed by atoms with E-state index in [1.54, 1.807) is 0 Å². The molecule has 2 rings (SSSR count). The van der Waals surface area contributed by atoms with Gasteiger partial charge in [-0.1, -0.05) is 25.1 Å². The van der Waals surface area contributed by atoms with Gasteiger partial charge in [0.15, 0.2) is 0 Å². The summed E-state index contributed by atoms with van der Waals surface area (Å²) in [7, 11) is 2.09. The number of hydrogen-bond acceptors (Lipinski definition) is 2. The van der Waals surface area contributed by atoms with Crippen LogP contribution < -0.4 is 5.32 Å². The van der Waals surface area contributed by atoms with E-state index in [-0.39, 0.29) is 11.8 Å². The van der Waals surface area contributed by atoms with Gasteiger partial charge >= 0.3 is 0 Å². The van der Waals surface area contributed by atoms with E-state index in [2.05, 4.69) is 49.3 Å². The summed E-state index contributed by atoms with van der Waals surface area (Å²) in [5.74, 6) is 0.304. The van der Waals surface area contributed by atoms with Crippen molar-refractivity contribution >= 4 is 11.6 Å². The first kappa shape index (κ1) is 14.1. The van der Waals surface area contributed by atoms with E-state index in [9.17, 15) is 4.79 Å². The molecule has 1 atom stereocenters. The third kappa shape index (κ3) is 3.35. The number of para-hydroxylation sites is 1. The molecule has 1 aliphatic heterocycles. The molecule has 0 bridgehead atoms. The van der Waals surface area contributed by atoms with Crippen LogP contribution in [0.25, 0.3) is 0 Å². The highest BCUT2D eigenvalue weighted by Gasteiger charge is 2.24. The van der Waals surface area contributed by atoms with Crippen LogP contribution in [-0.4, -0.2) is 30.9 Å². The van der Waals surface area contributed by atoms with E-state index in [4.69, 9.17) is 0 Å². The van der Waals surface area contributed by atoms with Crippen molar-refractivity contribution in [1.29, 1.82) is 0 Å². The third-order valence-corrected chi connectivity index (χ3v) is 3.98. The van der Waals surface area contributed by atoms with Gasteiger partial charge in [-0.25, -0.2) is 0 Å². The Morgan fingerprint density at radius 3 is 2.95 bits per heavy atom. The molecule has 19 heavy (non-hydrogen) atoms. The van der Waals surface area contributed by atoms with Gasteiger partial charge in [-0.2, -0.15) is 0 Å². The van der Waals surface area contributed by atoms with Crippen LogP contribution in [-0.2, 0) is 11.2 Å². The molecular weight excluding hydrogens is 236 g/mol. The molecule has 1 aromatic rings. The van der Waals surface area contributed by atoms with Crippen molar-refractivity contribution < 1.29 is 4.79 Å². The van der Waals surface area contributed by atoms with Crippen molar-refractivity contribution in [3.63, 3.8) is 0 Å². The van der Waals surface area contributed by atoms with Crippen molar-refractivity contribution in [2.75, 3.05) is 25.5 Å². The number of amides is 1. The first-order valence-corrected chi connectivity index (χ1v) is 7.19. The lowest BCUT2D eigenvalue weighted by Crippen LogP contribution is -2.38. The predicted molar refractivity (Wildman–Crippen MR) is 79.4 cm³/mol. The quantitative estimate of drug-likeness (QED) is 0.906. The van der Waals surface area contributed by atoms with Crippen LogP contribution in [0.15, 0.2) is 18.2 Å². The molecule has 3 nitrogen and oxygen atoms in total. The Balaban J connectivity index is 2.10. The van der Waals surface area contributed by atoms with Crippen LogP contribution in [0.1, 0.15) is 30.9 Å². The Bertz CT molecular complexity index is 456. The number of aryl methyl sites for hydroxylation is 2. The van der Waals surface area contributed by atoms with E-state index in [1.807, 2.05) is 0 Å². The van der Waals surface area contributed by atoms with Crippen molar-refractivity contribution in [3.05, 3.63) is 29.3 Å². The average molecular weight is 260 g/mol. The molecule has 1 N–H and O–H groups in total. The summed E-state index contributed by atoms with van der Waals surface area (Å²) in [4.78, 5) is 14.6. The molecule has 1 amide bonds. The van der Waals surface area contributed by atoms with E-state index in [0.717, 1.165) is 43.6 Å². The van der Waals surface area contributed by atoms with Crippen LogP contribution in [0.3, 0.4) is 0 Å². The van der Waals surface area contributed by atoms with E-state index in [1.165, 1.54) is 5.56 Å². The average Bonchev–Trinajstić information content (AvgIpc) is 2.41. The predicted octanol–water partition coefficient (Wildman–Crippen LogP) is 2.84. The van der Waals surface area contributed by atoms with Crippen molar-refractivity contribution in [3.8, 4) is 0 Å². The minimum atomic E-state index is 0.128. The normalized spacial score (nSPS) is 20.3. The maximum absolute atomic E-state index is 12.4. The van der Waals surface area contributed by atoms with Crippen molar-refractivity contribution in [2.24, 2.45) is 5.92 Å². The second-order valence-corrected chi connectivity index (χ2v) is 5.55. The monoisotopic (exact) mass is 260 g/mol. The van der Waals surface area contributed by atoms with Crippen molar-refractivity contribution in [1.82, 2.24) is 4.90 Å². The van der Waals surface area contributed by atoms with Gasteiger partial charge in [-0.05, 0) is 50.9 Å². The molecule has 0 radical (unpaired) electrons. The maximum atomic E-state index is 12.4. The summed E-state index contributed by atoms with van der Waals surface area (Å²) in [6.07, 6.45) is 3.06. The highest BCUT2D eigenvalue weighted by atomic mass is 16.1. The highest BCUT2D eigenvalue weighted by molar-refractivity contribution is 5.94. The number of carbonyl (C=O) groups is 1. The molecule has 3 heteroatoms. The lowest BCUT2D eigenvalue weighted by molar-refractivity contribution is -0.121. The third-order valence-electron chi connectivity index (χ3n) is 3.98. The molecule has 0 aromatic heterocycles. The molecule has 104 valence electrons. The molecule has 0 saturated carbocycles. The maximum Gasteiger partial charge on any atom is 0.228 e. The van der Waals surface area contributed by atoms with Gasteiger partial charge in [0.25, 0.3) is 0 Å². The van der Waals surface area contributed by atoms with Crippen LogP contribution >= 0.6 is 0 Å². The smallest absolute Gasteiger partial charge is 0.228 e. The molecule has 1 unspecified atom stereocenters. The largest absolute Gasteiger partial charge is 0.325 e. The summed E-state index contributed by atoms with van der Waals surface area (Å²) in [5.41, 5.74) is 3.39. The number of carbonyl (C=O) groups excluding carboxylic acids is 1. The number of nitrogens with one attached hydrogen (secondary N) is 1. The number of benzene rings is 1. The Hall–Kier alpha value is -1.35. The van der Waals surface area contributed by atoms with Gasteiger partial charge in [-0.15, -0.1) is 0 Å². The van der Waals surface area contributed by atoms with E-state index in [0.29, 0.717) is 0 Å². The van der Waals surface area contributed by atoms with Gasteiger partial charge in [0.1, 0.15) is 0 Å². The number of likely N-dealkylation sites (tertiary alicyclic amines) is 1. The lowest BCUT2D eigenvalue weighted by Gasteiger charge is -2.29. The molecule has 1 aromatic carbocycles. The zero-order valence-corrected chi connectivity index (χ0v) is 12.2. The van der Waals surface area contributed by atoms with E-state index < -0.39 is 0 Å². The fourth-order valence-electron chi connectivity index (χ4n) is 2.81. The number of nitrogens with zero attached hydrogens (tertiary/aromatic N) is 1. The second-order valence-electron chi connectivity index (χ2n) is 5.55. The van der Waals surface area contributed by atoms with Crippen LogP contribution in [0.5, 0.6) is 0 Å². The van der Waals surface area contributed by atoms with Crippen molar-refractivity contribution in [2.45, 2.75) is 33.1 Å². The Kier molecular flexibility index (Phi) is 4.59. The Morgan fingerprint density at radius 2 is 2.26 bits per heavy atom. The number of hydrogen-bond donors (Lipinski definition) is 1. The fourth-order valence-corrected chi connectivity index (χ4v) is 2.81. The summed E-state index contributed by atoms with van der Waals surface area (Å²) in [6.45, 7) is 6.16. The SMILES string of the molecule is CCc1cccc(C)c1NC(=O)C1CCCN(C)C1. The summed E-state index contributed by atoms with van der Waals surface area (Å²) in [6, 6.07) is 6.20. The lowest BCUT2D eigenvalue weighted by atomic mass is 9.97. The topological polar surface area (TPSA) is 32.3 Å². The van der Waals surface area contributed by atoms with Crippen LogP contribution in [0.2, 0.25) is 0 Å². The van der Waals surface area contributed by atoms with Gasteiger partial charge in [-0.3, -0.25) is 4.79 Å². The molecule has 1 heterocycles. The molecule has 1 fully saturated rings. The summed E-state index contributed by atoms with van der Waals surface area (Å²) >= 11 is 0. The molecule has 0 aliphatic carbocycles. The zero-order valence-electron chi connectivity index (χ0n) is 12.2. The summed E-state index contributed by atoms with van der Waals surface area (Å²) in [5, 5.41) is 3.15.